The van der Waals surface area contributed by atoms with E-state index in [0.29, 0.717) is 6.42 Å². The third-order valence-corrected chi connectivity index (χ3v) is 13.1. The summed E-state index contributed by atoms with van der Waals surface area (Å²) in [6.07, 6.45) is 68.8. The molecule has 1 heterocycles. The Balaban J connectivity index is 2.15. The van der Waals surface area contributed by atoms with Crippen LogP contribution in [0.2, 0.25) is 0 Å². The molecule has 72 heavy (non-hydrogen) atoms. The Bertz CT molecular complexity index is 1490. The van der Waals surface area contributed by atoms with Crippen LogP contribution in [0.25, 0.3) is 0 Å². The molecule has 6 N–H and O–H groups in total. The molecular weight excluding hydrogens is 899 g/mol. The summed E-state index contributed by atoms with van der Waals surface area (Å²) in [5.41, 5.74) is 0. The van der Waals surface area contributed by atoms with Gasteiger partial charge in [0.05, 0.1) is 25.4 Å². The number of carbonyl (C=O) groups is 1. The van der Waals surface area contributed by atoms with E-state index in [1.807, 2.05) is 6.08 Å². The summed E-state index contributed by atoms with van der Waals surface area (Å²) in [7, 11) is 0. The molecule has 0 aliphatic carbocycles. The second kappa shape index (κ2) is 51.3. The van der Waals surface area contributed by atoms with Crippen molar-refractivity contribution in [2.75, 3.05) is 13.2 Å². The summed E-state index contributed by atoms with van der Waals surface area (Å²) in [5.74, 6) is -0.195. The van der Waals surface area contributed by atoms with E-state index in [1.165, 1.54) is 116 Å². The maximum atomic E-state index is 13.0. The van der Waals surface area contributed by atoms with E-state index in [9.17, 15) is 30.3 Å². The van der Waals surface area contributed by atoms with Gasteiger partial charge in [-0.15, -0.1) is 0 Å². The fourth-order valence-corrected chi connectivity index (χ4v) is 8.49. The summed E-state index contributed by atoms with van der Waals surface area (Å²) in [4.78, 5) is 13.0. The zero-order chi connectivity index (χ0) is 52.2. The van der Waals surface area contributed by atoms with Gasteiger partial charge in [-0.05, 0) is 96.3 Å². The lowest BCUT2D eigenvalue weighted by molar-refractivity contribution is -0.302. The molecule has 0 spiro atoms. The van der Waals surface area contributed by atoms with Crippen LogP contribution in [0.5, 0.6) is 0 Å². The minimum absolute atomic E-state index is 0.195. The van der Waals surface area contributed by atoms with Crippen molar-refractivity contribution in [3.05, 3.63) is 109 Å². The fraction of sp³-hybridized carbons (Fsp3) is 0.698. The number of hydrogen-bond acceptors (Lipinski definition) is 8. The predicted molar refractivity (Wildman–Crippen MR) is 304 cm³/mol. The Labute approximate surface area is 440 Å². The van der Waals surface area contributed by atoms with E-state index >= 15 is 0 Å². The number of aliphatic hydroxyl groups excluding tert-OH is 5. The predicted octanol–water partition coefficient (Wildman–Crippen LogP) is 14.6. The Hall–Kier alpha value is -3.15. The lowest BCUT2D eigenvalue weighted by Gasteiger charge is -2.40. The normalized spacial score (nSPS) is 20.0. The van der Waals surface area contributed by atoms with Gasteiger partial charge in [-0.3, -0.25) is 4.79 Å². The van der Waals surface area contributed by atoms with Crippen LogP contribution in [0.1, 0.15) is 226 Å². The number of allylic oxidation sites excluding steroid dienone is 17. The number of unbranched alkanes of at least 4 members (excludes halogenated alkanes) is 22. The zero-order valence-electron chi connectivity index (χ0n) is 45.6. The Kier molecular flexibility index (Phi) is 47.7. The van der Waals surface area contributed by atoms with E-state index in [-0.39, 0.29) is 12.5 Å². The highest BCUT2D eigenvalue weighted by molar-refractivity contribution is 5.76. The maximum Gasteiger partial charge on any atom is 0.220 e. The quantitative estimate of drug-likeness (QED) is 0.0261. The van der Waals surface area contributed by atoms with Crippen molar-refractivity contribution in [3.8, 4) is 0 Å². The summed E-state index contributed by atoms with van der Waals surface area (Å²) in [6, 6.07) is -0.833. The molecule has 7 unspecified atom stereocenters. The molecule has 7 atom stereocenters. The van der Waals surface area contributed by atoms with Crippen LogP contribution < -0.4 is 5.32 Å². The van der Waals surface area contributed by atoms with Crippen molar-refractivity contribution < 1.29 is 39.8 Å². The number of nitrogens with one attached hydrogen (secondary N) is 1. The molecule has 1 aliphatic heterocycles. The van der Waals surface area contributed by atoms with E-state index in [1.54, 1.807) is 6.08 Å². The van der Waals surface area contributed by atoms with Crippen LogP contribution in [0.3, 0.4) is 0 Å². The monoisotopic (exact) mass is 1010 g/mol. The molecular formula is C63H107NO8. The molecule has 0 aromatic carbocycles. The largest absolute Gasteiger partial charge is 0.394 e. The van der Waals surface area contributed by atoms with Crippen LogP contribution in [0.4, 0.5) is 0 Å². The minimum atomic E-state index is -1.58. The van der Waals surface area contributed by atoms with Crippen molar-refractivity contribution in [1.82, 2.24) is 5.32 Å². The average molecular weight is 1010 g/mol. The summed E-state index contributed by atoms with van der Waals surface area (Å²) in [5, 5.41) is 54.4. The van der Waals surface area contributed by atoms with Gasteiger partial charge in [0.15, 0.2) is 6.29 Å². The Morgan fingerprint density at radius 1 is 0.486 bits per heavy atom. The van der Waals surface area contributed by atoms with E-state index in [0.717, 1.165) is 89.9 Å². The highest BCUT2D eigenvalue weighted by Gasteiger charge is 2.44. The molecule has 1 rings (SSSR count). The first-order valence-corrected chi connectivity index (χ1v) is 29.1. The molecule has 9 nitrogen and oxygen atoms in total. The third kappa shape index (κ3) is 40.3. The average Bonchev–Trinajstić information content (AvgIpc) is 3.38. The standard InChI is InChI=1S/C63H107NO8/c1-3-5-7-9-11-13-15-17-19-20-21-22-23-24-25-26-27-28-29-30-31-32-33-34-35-36-37-38-39-41-43-45-47-49-51-53-59(67)64-56(55-71-63-62(70)61(69)60(68)58(54-65)72-63)57(66)52-50-48-46-44-42-40-18-16-14-12-10-8-6-4-2/h5,7,11,13-14,16-17,19,21-22,24-25,27-28,42,44,50,52,56-58,60-63,65-66,68-70H,3-4,6,8-10,12,15,18,20,23,26,29-41,43,45-49,51,53-55H2,1-2H3,(H,64,67)/b7-5-,13-11-,16-14+,19-17-,22-21-,25-24-,28-27-,44-42+,52-50+. The van der Waals surface area contributed by atoms with Crippen molar-refractivity contribution in [2.45, 2.75) is 269 Å². The fourth-order valence-electron chi connectivity index (χ4n) is 8.49. The van der Waals surface area contributed by atoms with Crippen LogP contribution in [-0.4, -0.2) is 87.5 Å². The van der Waals surface area contributed by atoms with Gasteiger partial charge < -0.3 is 40.3 Å². The maximum absolute atomic E-state index is 13.0. The molecule has 0 saturated carbocycles. The number of aliphatic hydroxyl groups is 5. The smallest absolute Gasteiger partial charge is 0.220 e. The first-order valence-electron chi connectivity index (χ1n) is 29.1. The molecule has 1 aliphatic rings. The molecule has 0 radical (unpaired) electrons. The van der Waals surface area contributed by atoms with Gasteiger partial charge in [0.25, 0.3) is 0 Å². The van der Waals surface area contributed by atoms with Gasteiger partial charge in [-0.1, -0.05) is 232 Å². The minimum Gasteiger partial charge on any atom is -0.394 e. The van der Waals surface area contributed by atoms with Gasteiger partial charge in [-0.25, -0.2) is 0 Å². The topological polar surface area (TPSA) is 149 Å². The third-order valence-electron chi connectivity index (χ3n) is 13.1. The molecule has 1 saturated heterocycles. The molecule has 0 aromatic rings. The molecule has 412 valence electrons. The summed E-state index contributed by atoms with van der Waals surface area (Å²) in [6.45, 7) is 3.61. The van der Waals surface area contributed by atoms with Crippen LogP contribution in [-0.2, 0) is 14.3 Å². The number of amides is 1. The van der Waals surface area contributed by atoms with Crippen molar-refractivity contribution in [3.63, 3.8) is 0 Å². The number of hydrogen-bond donors (Lipinski definition) is 6. The van der Waals surface area contributed by atoms with Gasteiger partial charge in [0.2, 0.25) is 5.91 Å². The van der Waals surface area contributed by atoms with E-state index < -0.39 is 49.5 Å². The lowest BCUT2D eigenvalue weighted by atomic mass is 9.99. The SMILES string of the molecule is CC/C=C\C/C=C\C/C=C\C/C=C\C/C=C\C/C=C\CCCCCCCCCCCCCCCCCCC(=O)NC(COC1OC(CO)C(O)C(O)C1O)C(O)/C=C/CC/C=C/CC/C=C/CCCCCC. The Morgan fingerprint density at radius 3 is 1.33 bits per heavy atom. The number of carbonyl (C=O) groups excluding carboxylic acids is 1. The molecule has 1 amide bonds. The van der Waals surface area contributed by atoms with Gasteiger partial charge in [0, 0.05) is 6.42 Å². The van der Waals surface area contributed by atoms with E-state index in [4.69, 9.17) is 9.47 Å². The van der Waals surface area contributed by atoms with Gasteiger partial charge >= 0.3 is 0 Å². The van der Waals surface area contributed by atoms with Crippen LogP contribution in [0, 0.1) is 0 Å². The molecule has 9 heteroatoms. The molecule has 0 bridgehead atoms. The zero-order valence-corrected chi connectivity index (χ0v) is 45.6. The molecule has 0 aromatic heterocycles. The first-order chi connectivity index (χ1) is 35.3. The van der Waals surface area contributed by atoms with Gasteiger partial charge in [0.1, 0.15) is 24.4 Å². The Morgan fingerprint density at radius 2 is 0.875 bits per heavy atom. The van der Waals surface area contributed by atoms with Gasteiger partial charge in [-0.2, -0.15) is 0 Å². The number of ether oxygens (including phenoxy) is 2. The summed E-state index contributed by atoms with van der Waals surface area (Å²) >= 11 is 0. The highest BCUT2D eigenvalue weighted by Crippen LogP contribution is 2.23. The number of rotatable bonds is 48. The van der Waals surface area contributed by atoms with Crippen molar-refractivity contribution in [2.24, 2.45) is 0 Å². The second-order valence-electron chi connectivity index (χ2n) is 19.7. The van der Waals surface area contributed by atoms with Crippen LogP contribution >= 0.6 is 0 Å². The summed E-state index contributed by atoms with van der Waals surface area (Å²) < 4.78 is 11.2. The van der Waals surface area contributed by atoms with E-state index in [2.05, 4.69) is 116 Å². The van der Waals surface area contributed by atoms with Crippen molar-refractivity contribution in [1.29, 1.82) is 0 Å². The lowest BCUT2D eigenvalue weighted by Crippen LogP contribution is -2.60. The van der Waals surface area contributed by atoms with Crippen molar-refractivity contribution >= 4 is 5.91 Å². The molecule has 1 fully saturated rings. The first kappa shape index (κ1) is 66.9. The second-order valence-corrected chi connectivity index (χ2v) is 19.7. The van der Waals surface area contributed by atoms with Crippen LogP contribution in [0.15, 0.2) is 109 Å². The highest BCUT2D eigenvalue weighted by atomic mass is 16.7.